The number of carbonyl (C=O) groups is 1. The van der Waals surface area contributed by atoms with Crippen LogP contribution in [0.4, 0.5) is 0 Å². The summed E-state index contributed by atoms with van der Waals surface area (Å²) in [4.78, 5) is 10.8. The Bertz CT molecular complexity index is 216. The number of carbonyl (C=O) groups excluding carboxylic acids is 1. The molecule has 0 aromatic heterocycles. The second kappa shape index (κ2) is 7.36. The molecule has 80 valence electrons. The van der Waals surface area contributed by atoms with E-state index in [1.165, 1.54) is 6.92 Å². The van der Waals surface area contributed by atoms with Gasteiger partial charge in [-0.1, -0.05) is 12.2 Å². The van der Waals surface area contributed by atoms with Gasteiger partial charge in [0.15, 0.2) is 0 Å². The molecule has 1 atom stereocenters. The van der Waals surface area contributed by atoms with Crippen LogP contribution < -0.4 is 0 Å². The first-order valence-electron chi connectivity index (χ1n) is 5.02. The topological polar surface area (TPSA) is 26.3 Å². The molecule has 0 N–H and O–H groups in total. The van der Waals surface area contributed by atoms with Gasteiger partial charge in [-0.25, -0.2) is 0 Å². The summed E-state index contributed by atoms with van der Waals surface area (Å²) in [5.41, 5.74) is 1.12. The summed E-state index contributed by atoms with van der Waals surface area (Å²) in [5, 5.41) is 0. The van der Waals surface area contributed by atoms with E-state index in [0.29, 0.717) is 0 Å². The summed E-state index contributed by atoms with van der Waals surface area (Å²) in [6.45, 7) is 9.05. The first-order chi connectivity index (χ1) is 6.61. The normalized spacial score (nSPS) is 13.5. The second-order valence-electron chi connectivity index (χ2n) is 3.35. The largest absolute Gasteiger partial charge is 0.458 e. The van der Waals surface area contributed by atoms with Crippen LogP contribution in [0.2, 0.25) is 0 Å². The predicted molar refractivity (Wildman–Crippen MR) is 59.0 cm³/mol. The van der Waals surface area contributed by atoms with Gasteiger partial charge < -0.3 is 4.74 Å². The van der Waals surface area contributed by atoms with E-state index in [1.807, 2.05) is 26.0 Å². The van der Waals surface area contributed by atoms with Crippen LogP contribution in [0.25, 0.3) is 0 Å². The molecule has 0 saturated heterocycles. The summed E-state index contributed by atoms with van der Waals surface area (Å²) < 4.78 is 5.21. The van der Waals surface area contributed by atoms with Crippen molar-refractivity contribution in [1.29, 1.82) is 0 Å². The fourth-order valence-electron chi connectivity index (χ4n) is 1.21. The van der Waals surface area contributed by atoms with Gasteiger partial charge in [-0.15, -0.1) is 6.58 Å². The van der Waals surface area contributed by atoms with Crippen LogP contribution >= 0.6 is 0 Å². The van der Waals surface area contributed by atoms with Crippen LogP contribution in [-0.2, 0) is 9.53 Å². The van der Waals surface area contributed by atoms with E-state index in [9.17, 15) is 4.79 Å². The van der Waals surface area contributed by atoms with Gasteiger partial charge in [0.05, 0.1) is 0 Å². The Morgan fingerprint density at radius 1 is 1.50 bits per heavy atom. The Labute approximate surface area is 86.6 Å². The minimum Gasteiger partial charge on any atom is -0.458 e. The van der Waals surface area contributed by atoms with Crippen LogP contribution in [-0.4, -0.2) is 12.1 Å². The van der Waals surface area contributed by atoms with Crippen molar-refractivity contribution in [3.8, 4) is 0 Å². The summed E-state index contributed by atoms with van der Waals surface area (Å²) in [7, 11) is 0. The summed E-state index contributed by atoms with van der Waals surface area (Å²) in [6, 6.07) is 0. The molecule has 0 bridgehead atoms. The van der Waals surface area contributed by atoms with E-state index in [2.05, 4.69) is 6.58 Å². The van der Waals surface area contributed by atoms with Crippen molar-refractivity contribution in [3.05, 3.63) is 24.3 Å². The quantitative estimate of drug-likeness (QED) is 0.370. The number of ether oxygens (including phenoxy) is 1. The fraction of sp³-hybridized carbons (Fsp3) is 0.583. The van der Waals surface area contributed by atoms with Gasteiger partial charge in [-0.2, -0.15) is 0 Å². The molecule has 0 aliphatic heterocycles. The molecular formula is C12H20O2. The van der Waals surface area contributed by atoms with E-state index in [0.717, 1.165) is 24.8 Å². The highest BCUT2D eigenvalue weighted by atomic mass is 16.5. The monoisotopic (exact) mass is 196 g/mol. The molecule has 2 heteroatoms. The zero-order valence-electron chi connectivity index (χ0n) is 9.38. The highest BCUT2D eigenvalue weighted by Crippen LogP contribution is 2.14. The van der Waals surface area contributed by atoms with Crippen molar-refractivity contribution in [2.45, 2.75) is 46.1 Å². The predicted octanol–water partition coefficient (Wildman–Crippen LogP) is 3.24. The maximum Gasteiger partial charge on any atom is 0.303 e. The number of rotatable bonds is 6. The van der Waals surface area contributed by atoms with Crippen LogP contribution in [0, 0.1) is 0 Å². The van der Waals surface area contributed by atoms with Crippen molar-refractivity contribution in [3.63, 3.8) is 0 Å². The Morgan fingerprint density at radius 3 is 2.57 bits per heavy atom. The highest BCUT2D eigenvalue weighted by Gasteiger charge is 2.12. The van der Waals surface area contributed by atoms with Gasteiger partial charge in [-0.05, 0) is 38.7 Å². The lowest BCUT2D eigenvalue weighted by atomic mass is 10.1. The van der Waals surface area contributed by atoms with Gasteiger partial charge in [0, 0.05) is 6.92 Å². The number of unbranched alkanes of at least 4 members (excludes halogenated alkanes) is 1. The molecule has 0 rings (SSSR count). The summed E-state index contributed by atoms with van der Waals surface area (Å²) in [6.07, 6.45) is 6.66. The zero-order chi connectivity index (χ0) is 11.0. The maximum absolute atomic E-state index is 10.8. The molecule has 0 heterocycles. The third-order valence-corrected chi connectivity index (χ3v) is 2.15. The van der Waals surface area contributed by atoms with Crippen LogP contribution in [0.3, 0.4) is 0 Å². The van der Waals surface area contributed by atoms with Gasteiger partial charge in [-0.3, -0.25) is 4.79 Å². The highest BCUT2D eigenvalue weighted by molar-refractivity contribution is 5.66. The molecule has 2 nitrogen and oxygen atoms in total. The molecule has 0 spiro atoms. The molecule has 0 aliphatic rings. The minimum atomic E-state index is -0.213. The minimum absolute atomic E-state index is 0.0579. The lowest BCUT2D eigenvalue weighted by Crippen LogP contribution is -2.17. The third-order valence-electron chi connectivity index (χ3n) is 2.15. The van der Waals surface area contributed by atoms with E-state index < -0.39 is 0 Å². The Kier molecular flexibility index (Phi) is 6.81. The first kappa shape index (κ1) is 12.9. The van der Waals surface area contributed by atoms with Crippen LogP contribution in [0.5, 0.6) is 0 Å². The SMILES string of the molecule is C=CCCC[C@H](OC(C)=O)/C(C)=C/C. The van der Waals surface area contributed by atoms with E-state index in [1.54, 1.807) is 0 Å². The molecule has 0 aromatic carbocycles. The molecular weight excluding hydrogens is 176 g/mol. The number of allylic oxidation sites excluding steroid dienone is 2. The van der Waals surface area contributed by atoms with Crippen LogP contribution in [0.1, 0.15) is 40.0 Å². The van der Waals surface area contributed by atoms with E-state index >= 15 is 0 Å². The number of hydrogen-bond donors (Lipinski definition) is 0. The van der Waals surface area contributed by atoms with Crippen molar-refractivity contribution >= 4 is 5.97 Å². The fourth-order valence-corrected chi connectivity index (χ4v) is 1.21. The van der Waals surface area contributed by atoms with Crippen molar-refractivity contribution in [2.24, 2.45) is 0 Å². The standard InChI is InChI=1S/C12H20O2/c1-5-7-8-9-12(10(3)6-2)14-11(4)13/h5-6,12H,1,7-9H2,2-4H3/b10-6+/t12-/m0/s1. The average molecular weight is 196 g/mol. The molecule has 0 aliphatic carbocycles. The van der Waals surface area contributed by atoms with E-state index in [4.69, 9.17) is 4.74 Å². The van der Waals surface area contributed by atoms with Gasteiger partial charge >= 0.3 is 5.97 Å². The molecule has 0 aromatic rings. The van der Waals surface area contributed by atoms with Crippen LogP contribution in [0.15, 0.2) is 24.3 Å². The summed E-state index contributed by atoms with van der Waals surface area (Å²) in [5.74, 6) is -0.213. The molecule has 0 fully saturated rings. The van der Waals surface area contributed by atoms with Crippen molar-refractivity contribution in [2.75, 3.05) is 0 Å². The third kappa shape index (κ3) is 5.57. The number of esters is 1. The maximum atomic E-state index is 10.8. The second-order valence-corrected chi connectivity index (χ2v) is 3.35. The lowest BCUT2D eigenvalue weighted by Gasteiger charge is -2.17. The summed E-state index contributed by atoms with van der Waals surface area (Å²) >= 11 is 0. The molecule has 14 heavy (non-hydrogen) atoms. The van der Waals surface area contributed by atoms with Gasteiger partial charge in [0.25, 0.3) is 0 Å². The smallest absolute Gasteiger partial charge is 0.303 e. The Morgan fingerprint density at radius 2 is 2.14 bits per heavy atom. The lowest BCUT2D eigenvalue weighted by molar-refractivity contribution is -0.144. The molecule has 0 amide bonds. The molecule has 0 saturated carbocycles. The van der Waals surface area contributed by atoms with Gasteiger partial charge in [0.1, 0.15) is 6.10 Å². The van der Waals surface area contributed by atoms with Crippen molar-refractivity contribution < 1.29 is 9.53 Å². The van der Waals surface area contributed by atoms with E-state index in [-0.39, 0.29) is 12.1 Å². The van der Waals surface area contributed by atoms with Gasteiger partial charge in [0.2, 0.25) is 0 Å². The molecule has 0 unspecified atom stereocenters. The molecule has 0 radical (unpaired) electrons. The Hall–Kier alpha value is -1.05. The average Bonchev–Trinajstić information content (AvgIpc) is 2.15. The van der Waals surface area contributed by atoms with Crippen molar-refractivity contribution in [1.82, 2.24) is 0 Å². The number of hydrogen-bond acceptors (Lipinski definition) is 2. The first-order valence-corrected chi connectivity index (χ1v) is 5.02. The zero-order valence-corrected chi connectivity index (χ0v) is 9.38. The Balaban J connectivity index is 4.10.